The van der Waals surface area contributed by atoms with E-state index in [1.807, 2.05) is 0 Å². The monoisotopic (exact) mass is 376 g/mol. The molecule has 1 rings (SSSR count). The second-order valence-electron chi connectivity index (χ2n) is 3.51. The minimum Gasteiger partial charge on any atom is -0.512 e. The topological polar surface area (TPSA) is 108 Å². The van der Waals surface area contributed by atoms with Crippen molar-refractivity contribution in [3.8, 4) is 0 Å². The number of hydrogen-bond donors (Lipinski definition) is 2. The molecule has 6 nitrogen and oxygen atoms in total. The fourth-order valence-electron chi connectivity index (χ4n) is 0.771. The minimum atomic E-state index is -0.532. The third-order valence-corrected chi connectivity index (χ3v) is 2.68. The molecule has 0 aromatic heterocycles. The molecule has 1 aliphatic rings. The Hall–Kier alpha value is -1.44. The van der Waals surface area contributed by atoms with Crippen molar-refractivity contribution in [3.05, 3.63) is 23.7 Å². The van der Waals surface area contributed by atoms with Gasteiger partial charge < -0.3 is 10.2 Å². The van der Waals surface area contributed by atoms with E-state index in [-0.39, 0.29) is 23.1 Å². The summed E-state index contributed by atoms with van der Waals surface area (Å²) in [5.74, 6) is 0.500. The van der Waals surface area contributed by atoms with Crippen LogP contribution in [0.5, 0.6) is 0 Å². The summed E-state index contributed by atoms with van der Waals surface area (Å²) in [6.07, 6.45) is 6.10. The first kappa shape index (κ1) is 19.9. The van der Waals surface area contributed by atoms with E-state index in [2.05, 4.69) is 6.43 Å². The molecule has 0 saturated carbocycles. The van der Waals surface area contributed by atoms with Gasteiger partial charge in [-0.2, -0.15) is 0 Å². The van der Waals surface area contributed by atoms with Crippen LogP contribution in [0.25, 0.3) is 0 Å². The van der Waals surface area contributed by atoms with Gasteiger partial charge in [0.2, 0.25) is 0 Å². The molecule has 102 valence electrons. The summed E-state index contributed by atoms with van der Waals surface area (Å²) in [6.45, 7) is 6.00. The van der Waals surface area contributed by atoms with Crippen LogP contribution in [0.4, 0.5) is 0 Å². The molecule has 0 aliphatic carbocycles. The summed E-state index contributed by atoms with van der Waals surface area (Å²) in [5.41, 5.74) is 0. The molecule has 0 saturated heterocycles. The van der Waals surface area contributed by atoms with Gasteiger partial charge in [-0.25, -0.2) is 0 Å². The standard InChI is InChI=1S/2C5H8O2.C2H2N2.Sn/c2*1-4(6)3-5(2)7;3-1-2-4;/h2*3,6H,1-2H3;1-2H;/q;;-2;+4/p+2/b2*4-3-;;. The average Bonchev–Trinajstić information content (AvgIpc) is 2.70. The maximum Gasteiger partial charge on any atom is 0.316 e. The molecule has 1 heterocycles. The Bertz CT molecular complexity index is 366. The van der Waals surface area contributed by atoms with Crippen LogP contribution in [-0.4, -0.2) is 65.5 Å². The van der Waals surface area contributed by atoms with Gasteiger partial charge in [-0.3, -0.25) is 9.59 Å². The van der Waals surface area contributed by atoms with Crippen molar-refractivity contribution >= 4 is 45.7 Å². The summed E-state index contributed by atoms with van der Waals surface area (Å²) < 4.78 is 7.81. The number of allylic oxidation sites excluding steroid dienone is 4. The number of carbonyl (C=O) groups excluding carboxylic acids is 2. The molecule has 0 radical (unpaired) electrons. The molecule has 4 N–H and O–H groups in total. The van der Waals surface area contributed by atoms with E-state index in [0.717, 1.165) is 0 Å². The SMILES string of the molecule is C1=[N][Sn+2][N]=C1.CC(=[OH+])/C=C(/C)O.CC(=[OH+])/C=C(/C)O. The first-order valence-corrected chi connectivity index (χ1v) is 7.90. The number of nitrogens with zero attached hydrogens (tertiary/aromatic N) is 2. The molecule has 0 aromatic carbocycles. The summed E-state index contributed by atoms with van der Waals surface area (Å²) in [5, 5.41) is 16.8. The van der Waals surface area contributed by atoms with Gasteiger partial charge in [-0.05, 0) is 13.8 Å². The molecular weight excluding hydrogens is 355 g/mol. The Labute approximate surface area is 123 Å². The number of ketones is 2. The fourth-order valence-corrected chi connectivity index (χ4v) is 1.72. The zero-order chi connectivity index (χ0) is 15.3. The summed E-state index contributed by atoms with van der Waals surface area (Å²) >= 11 is -0.532. The van der Waals surface area contributed by atoms with Gasteiger partial charge in [0.15, 0.2) is 0 Å². The predicted molar refractivity (Wildman–Crippen MR) is 80.7 cm³/mol. The Morgan fingerprint density at radius 2 is 1.21 bits per heavy atom. The quantitative estimate of drug-likeness (QED) is 0.332. The summed E-state index contributed by atoms with van der Waals surface area (Å²) in [4.78, 5) is 16.8. The fraction of sp³-hybridized carbons (Fsp3) is 0.333. The van der Waals surface area contributed by atoms with E-state index in [9.17, 15) is 0 Å². The van der Waals surface area contributed by atoms with Crippen LogP contribution in [0.1, 0.15) is 27.7 Å². The molecule has 0 atom stereocenters. The number of rotatable bonds is 2. The van der Waals surface area contributed by atoms with E-state index < -0.39 is 21.7 Å². The molecule has 0 unspecified atom stereocenters. The molecule has 0 spiro atoms. The van der Waals surface area contributed by atoms with Crippen molar-refractivity contribution in [1.29, 1.82) is 0 Å². The van der Waals surface area contributed by atoms with E-state index >= 15 is 0 Å². The number of aliphatic hydroxyl groups is 2. The Morgan fingerprint density at radius 1 is 0.895 bits per heavy atom. The Kier molecular flexibility index (Phi) is 13.6. The predicted octanol–water partition coefficient (Wildman–Crippen LogP) is 1.70. The largest absolute Gasteiger partial charge is 0.512 e. The van der Waals surface area contributed by atoms with Crippen LogP contribution in [0.3, 0.4) is 0 Å². The normalized spacial score (nSPS) is 12.2. The Balaban J connectivity index is 0. The van der Waals surface area contributed by atoms with Crippen molar-refractivity contribution in [1.82, 2.24) is 0 Å². The first-order valence-electron chi connectivity index (χ1n) is 5.35. The van der Waals surface area contributed by atoms with Crippen molar-refractivity contribution < 1.29 is 19.8 Å². The van der Waals surface area contributed by atoms with Gasteiger partial charge in [-0.15, -0.1) is 0 Å². The van der Waals surface area contributed by atoms with Gasteiger partial charge in [0.1, 0.15) is 0 Å². The van der Waals surface area contributed by atoms with E-state index in [1.165, 1.54) is 39.8 Å². The second-order valence-corrected chi connectivity index (χ2v) is 5.56. The van der Waals surface area contributed by atoms with Gasteiger partial charge in [0, 0.05) is 0 Å². The van der Waals surface area contributed by atoms with Gasteiger partial charge in [0.25, 0.3) is 0 Å². The Morgan fingerprint density at radius 3 is 1.26 bits per heavy atom. The molecule has 0 aromatic rings. The van der Waals surface area contributed by atoms with Gasteiger partial charge in [-0.1, -0.05) is 0 Å². The van der Waals surface area contributed by atoms with Crippen LogP contribution in [-0.2, 0) is 0 Å². The van der Waals surface area contributed by atoms with E-state index in [0.29, 0.717) is 0 Å². The van der Waals surface area contributed by atoms with Crippen molar-refractivity contribution in [2.24, 2.45) is 6.43 Å². The minimum absolute atomic E-state index is 0.125. The molecule has 0 amide bonds. The van der Waals surface area contributed by atoms with Crippen LogP contribution < -0.4 is 0 Å². The molecule has 0 bridgehead atoms. The smallest absolute Gasteiger partial charge is 0.316 e. The maximum atomic E-state index is 8.40. The summed E-state index contributed by atoms with van der Waals surface area (Å²) in [6, 6.07) is 0. The average molecular weight is 375 g/mol. The van der Waals surface area contributed by atoms with Crippen molar-refractivity contribution in [3.63, 3.8) is 0 Å². The van der Waals surface area contributed by atoms with E-state index in [1.54, 1.807) is 12.4 Å². The van der Waals surface area contributed by atoms with Crippen LogP contribution in [0.15, 0.2) is 30.1 Å². The molecule has 1 aliphatic heterocycles. The van der Waals surface area contributed by atoms with Crippen LogP contribution in [0.2, 0.25) is 0 Å². The second kappa shape index (κ2) is 13.0. The maximum absolute atomic E-state index is 8.40. The number of aliphatic hydroxyl groups excluding tert-OH is 2. The zero-order valence-corrected chi connectivity index (χ0v) is 14.3. The van der Waals surface area contributed by atoms with Crippen LogP contribution in [0, 0.1) is 0 Å². The van der Waals surface area contributed by atoms with E-state index in [4.69, 9.17) is 19.8 Å². The number of hydrogen-bond acceptors (Lipinski definition) is 4. The molecular formula is C12H20N2O4Sn+4. The molecule has 0 fully saturated rings. The van der Waals surface area contributed by atoms with Gasteiger partial charge in [0.05, 0.1) is 37.5 Å². The summed E-state index contributed by atoms with van der Waals surface area (Å²) in [7, 11) is 0. The first-order chi connectivity index (χ1) is 8.75. The molecule has 19 heavy (non-hydrogen) atoms. The third-order valence-electron chi connectivity index (χ3n) is 1.17. The zero-order valence-electron chi connectivity index (χ0n) is 11.5. The van der Waals surface area contributed by atoms with Crippen LogP contribution >= 0.6 is 0 Å². The van der Waals surface area contributed by atoms with Crippen molar-refractivity contribution in [2.45, 2.75) is 27.7 Å². The van der Waals surface area contributed by atoms with Gasteiger partial charge >= 0.3 is 52.1 Å². The molecule has 7 heteroatoms. The van der Waals surface area contributed by atoms with Crippen molar-refractivity contribution in [2.75, 3.05) is 0 Å². The third kappa shape index (κ3) is 26.3.